The predicted molar refractivity (Wildman–Crippen MR) is 107 cm³/mol. The number of nitrogens with one attached hydrogen (secondary N) is 1. The zero-order valence-electron chi connectivity index (χ0n) is 15.4. The number of rotatable bonds is 4. The Kier molecular flexibility index (Phi) is 5.51. The van der Waals surface area contributed by atoms with Gasteiger partial charge in [-0.25, -0.2) is 9.69 Å². The van der Waals surface area contributed by atoms with Crippen molar-refractivity contribution in [3.63, 3.8) is 0 Å². The molecule has 8 heteroatoms. The smallest absolute Gasteiger partial charge is 0.335 e. The van der Waals surface area contributed by atoms with Crippen molar-refractivity contribution in [2.75, 3.05) is 19.1 Å². The summed E-state index contributed by atoms with van der Waals surface area (Å²) in [5, 5.41) is 2.20. The van der Waals surface area contributed by atoms with Crippen molar-refractivity contribution in [2.24, 2.45) is 0 Å². The lowest BCUT2D eigenvalue weighted by molar-refractivity contribution is -0.122. The first-order valence-electron chi connectivity index (χ1n) is 8.25. The first-order chi connectivity index (χ1) is 13.3. The average Bonchev–Trinajstić information content (AvgIpc) is 2.67. The van der Waals surface area contributed by atoms with Gasteiger partial charge in [-0.15, -0.1) is 0 Å². The van der Waals surface area contributed by atoms with Crippen molar-refractivity contribution in [3.05, 3.63) is 57.6 Å². The fourth-order valence-electron chi connectivity index (χ4n) is 2.77. The van der Waals surface area contributed by atoms with E-state index in [1.165, 1.54) is 20.3 Å². The summed E-state index contributed by atoms with van der Waals surface area (Å²) in [7, 11) is 2.99. The van der Waals surface area contributed by atoms with Gasteiger partial charge in [-0.1, -0.05) is 15.9 Å². The molecule has 28 heavy (non-hydrogen) atoms. The van der Waals surface area contributed by atoms with E-state index in [1.54, 1.807) is 36.4 Å². The molecule has 0 saturated carbocycles. The summed E-state index contributed by atoms with van der Waals surface area (Å²) in [6, 6.07) is 9.23. The van der Waals surface area contributed by atoms with Gasteiger partial charge in [0.25, 0.3) is 11.8 Å². The number of carbonyl (C=O) groups excluding carboxylic acids is 3. The molecule has 2 aromatic carbocycles. The van der Waals surface area contributed by atoms with E-state index in [0.717, 1.165) is 14.9 Å². The number of urea groups is 1. The number of halogens is 1. The number of imide groups is 2. The zero-order chi connectivity index (χ0) is 20.4. The Bertz CT molecular complexity index is 1020. The normalized spacial score (nSPS) is 15.6. The molecule has 7 nitrogen and oxygen atoms in total. The molecule has 0 bridgehead atoms. The molecule has 0 radical (unpaired) electrons. The number of methoxy groups -OCH3 is 2. The van der Waals surface area contributed by atoms with Crippen LogP contribution in [0.1, 0.15) is 11.1 Å². The molecular weight excluding hydrogens is 428 g/mol. The highest BCUT2D eigenvalue weighted by Gasteiger charge is 2.37. The molecule has 4 amide bonds. The summed E-state index contributed by atoms with van der Waals surface area (Å²) in [5.74, 6) is -0.505. The third-order valence-electron chi connectivity index (χ3n) is 4.24. The van der Waals surface area contributed by atoms with E-state index < -0.39 is 17.8 Å². The number of nitrogens with zero attached hydrogens (tertiary/aromatic N) is 1. The number of carbonyl (C=O) groups is 3. The Morgan fingerprint density at radius 2 is 1.79 bits per heavy atom. The molecule has 0 spiro atoms. The van der Waals surface area contributed by atoms with Crippen molar-refractivity contribution >= 4 is 45.5 Å². The molecule has 0 aliphatic carbocycles. The SMILES string of the molecule is COc1ccc(OC)c(C=C2C(=O)NC(=O)N(c3ccc(Br)c(C)c3)C2=O)c1. The fraction of sp³-hybridized carbons (Fsp3) is 0.150. The van der Waals surface area contributed by atoms with Crippen LogP contribution in [0.4, 0.5) is 10.5 Å². The van der Waals surface area contributed by atoms with E-state index in [1.807, 2.05) is 6.92 Å². The third-order valence-corrected chi connectivity index (χ3v) is 5.13. The molecule has 144 valence electrons. The minimum atomic E-state index is -0.800. The van der Waals surface area contributed by atoms with Gasteiger partial charge in [-0.3, -0.25) is 14.9 Å². The van der Waals surface area contributed by atoms with Gasteiger partial charge < -0.3 is 9.47 Å². The molecular formula is C20H17BrN2O5. The van der Waals surface area contributed by atoms with Gasteiger partial charge in [0.05, 0.1) is 19.9 Å². The highest BCUT2D eigenvalue weighted by atomic mass is 79.9. The first kappa shape index (κ1) is 19.6. The molecule has 0 atom stereocenters. The van der Waals surface area contributed by atoms with Crippen LogP contribution in [-0.4, -0.2) is 32.1 Å². The first-order valence-corrected chi connectivity index (χ1v) is 9.04. The number of barbiturate groups is 1. The number of amides is 4. The highest BCUT2D eigenvalue weighted by Crippen LogP contribution is 2.29. The summed E-state index contributed by atoms with van der Waals surface area (Å²) in [6.45, 7) is 1.84. The minimum absolute atomic E-state index is 0.188. The average molecular weight is 445 g/mol. The molecule has 1 N–H and O–H groups in total. The van der Waals surface area contributed by atoms with Crippen molar-refractivity contribution in [2.45, 2.75) is 6.92 Å². The van der Waals surface area contributed by atoms with E-state index in [4.69, 9.17) is 9.47 Å². The maximum atomic E-state index is 13.0. The number of aryl methyl sites for hydroxylation is 1. The van der Waals surface area contributed by atoms with Crippen LogP contribution in [0.2, 0.25) is 0 Å². The quantitative estimate of drug-likeness (QED) is 0.576. The lowest BCUT2D eigenvalue weighted by Crippen LogP contribution is -2.54. The molecule has 1 aliphatic heterocycles. The number of anilines is 1. The topological polar surface area (TPSA) is 84.9 Å². The molecule has 2 aromatic rings. The summed E-state index contributed by atoms with van der Waals surface area (Å²) < 4.78 is 11.3. The molecule has 3 rings (SSSR count). The van der Waals surface area contributed by atoms with Crippen molar-refractivity contribution < 1.29 is 23.9 Å². The highest BCUT2D eigenvalue weighted by molar-refractivity contribution is 9.10. The Morgan fingerprint density at radius 1 is 1.04 bits per heavy atom. The number of ether oxygens (including phenoxy) is 2. The van der Waals surface area contributed by atoms with Crippen LogP contribution in [0.3, 0.4) is 0 Å². The molecule has 1 saturated heterocycles. The number of hydrogen-bond acceptors (Lipinski definition) is 5. The standard InChI is InChI=1S/C20H17BrN2O5/c1-11-8-13(4-6-16(11)21)23-19(25)15(18(24)22-20(23)26)10-12-9-14(27-2)5-7-17(12)28-3/h4-10H,1-3H3,(H,22,24,26). The van der Waals surface area contributed by atoms with E-state index in [0.29, 0.717) is 22.7 Å². The Labute approximate surface area is 170 Å². The van der Waals surface area contributed by atoms with Crippen LogP contribution < -0.4 is 19.7 Å². The third kappa shape index (κ3) is 3.63. The van der Waals surface area contributed by atoms with Crippen LogP contribution >= 0.6 is 15.9 Å². The molecule has 1 heterocycles. The van der Waals surface area contributed by atoms with E-state index >= 15 is 0 Å². The summed E-state index contributed by atoms with van der Waals surface area (Å²) >= 11 is 3.38. The van der Waals surface area contributed by atoms with E-state index in [9.17, 15) is 14.4 Å². The van der Waals surface area contributed by atoms with Gasteiger partial charge in [0, 0.05) is 10.0 Å². The van der Waals surface area contributed by atoms with E-state index in [2.05, 4.69) is 21.2 Å². The largest absolute Gasteiger partial charge is 0.497 e. The number of benzene rings is 2. The summed E-state index contributed by atoms with van der Waals surface area (Å²) in [4.78, 5) is 38.6. The van der Waals surface area contributed by atoms with Crippen LogP contribution in [0.25, 0.3) is 6.08 Å². The van der Waals surface area contributed by atoms with Crippen LogP contribution in [0.5, 0.6) is 11.5 Å². The zero-order valence-corrected chi connectivity index (χ0v) is 17.0. The minimum Gasteiger partial charge on any atom is -0.497 e. The molecule has 1 aliphatic rings. The Hall–Kier alpha value is -3.13. The van der Waals surface area contributed by atoms with Crippen molar-refractivity contribution in [1.29, 1.82) is 0 Å². The van der Waals surface area contributed by atoms with Crippen LogP contribution in [-0.2, 0) is 9.59 Å². The lowest BCUT2D eigenvalue weighted by atomic mass is 10.1. The monoisotopic (exact) mass is 444 g/mol. The summed E-state index contributed by atoms with van der Waals surface area (Å²) in [6.07, 6.45) is 1.38. The second kappa shape index (κ2) is 7.85. The Balaban J connectivity index is 2.07. The second-order valence-corrected chi connectivity index (χ2v) is 6.85. The maximum absolute atomic E-state index is 13.0. The number of hydrogen-bond donors (Lipinski definition) is 1. The molecule has 0 unspecified atom stereocenters. The van der Waals surface area contributed by atoms with Gasteiger partial charge in [-0.2, -0.15) is 0 Å². The van der Waals surface area contributed by atoms with Crippen LogP contribution in [0.15, 0.2) is 46.4 Å². The van der Waals surface area contributed by atoms with Crippen molar-refractivity contribution in [1.82, 2.24) is 5.32 Å². The molecule has 0 aromatic heterocycles. The van der Waals surface area contributed by atoms with E-state index in [-0.39, 0.29) is 5.57 Å². The Morgan fingerprint density at radius 3 is 2.43 bits per heavy atom. The van der Waals surface area contributed by atoms with Gasteiger partial charge in [0.15, 0.2) is 0 Å². The lowest BCUT2D eigenvalue weighted by Gasteiger charge is -2.26. The van der Waals surface area contributed by atoms with Gasteiger partial charge >= 0.3 is 6.03 Å². The predicted octanol–water partition coefficient (Wildman–Crippen LogP) is 3.44. The van der Waals surface area contributed by atoms with Gasteiger partial charge in [-0.05, 0) is 55.0 Å². The maximum Gasteiger partial charge on any atom is 0.335 e. The van der Waals surface area contributed by atoms with Gasteiger partial charge in [0.2, 0.25) is 0 Å². The molecule has 1 fully saturated rings. The van der Waals surface area contributed by atoms with Gasteiger partial charge in [0.1, 0.15) is 17.1 Å². The van der Waals surface area contributed by atoms with Crippen molar-refractivity contribution in [3.8, 4) is 11.5 Å². The van der Waals surface area contributed by atoms with Crippen LogP contribution in [0, 0.1) is 6.92 Å². The fourth-order valence-corrected chi connectivity index (χ4v) is 3.01. The summed E-state index contributed by atoms with van der Waals surface area (Å²) in [5.41, 5.74) is 1.49. The second-order valence-electron chi connectivity index (χ2n) is 6.00.